The van der Waals surface area contributed by atoms with E-state index < -0.39 is 0 Å². The van der Waals surface area contributed by atoms with Crippen molar-refractivity contribution in [2.75, 3.05) is 11.9 Å². The van der Waals surface area contributed by atoms with Crippen molar-refractivity contribution in [2.24, 2.45) is 0 Å². The van der Waals surface area contributed by atoms with Gasteiger partial charge in [-0.3, -0.25) is 4.79 Å². The van der Waals surface area contributed by atoms with Crippen LogP contribution in [-0.2, 0) is 6.61 Å². The number of ether oxygens (including phenoxy) is 1. The number of rotatable bonds is 5. The number of hydrogen-bond donors (Lipinski definition) is 0. The SMILES string of the molecule is Cc1cccc(N(C)C(=O)c2ccc(OCc3c(C)noc3C)cc2)c1. The second-order valence-electron chi connectivity index (χ2n) is 6.32. The van der Waals surface area contributed by atoms with Crippen LogP contribution < -0.4 is 9.64 Å². The number of carbonyl (C=O) groups is 1. The Balaban J connectivity index is 1.68. The van der Waals surface area contributed by atoms with Gasteiger partial charge < -0.3 is 14.2 Å². The predicted octanol–water partition coefficient (Wildman–Crippen LogP) is 4.46. The zero-order valence-electron chi connectivity index (χ0n) is 15.4. The molecule has 1 heterocycles. The van der Waals surface area contributed by atoms with E-state index in [4.69, 9.17) is 9.26 Å². The van der Waals surface area contributed by atoms with Crippen molar-refractivity contribution in [1.29, 1.82) is 0 Å². The van der Waals surface area contributed by atoms with Gasteiger partial charge >= 0.3 is 0 Å². The molecule has 0 unspecified atom stereocenters. The highest BCUT2D eigenvalue weighted by atomic mass is 16.5. The van der Waals surface area contributed by atoms with E-state index in [2.05, 4.69) is 5.16 Å². The molecule has 3 aromatic rings. The zero-order valence-corrected chi connectivity index (χ0v) is 15.4. The number of nitrogens with zero attached hydrogens (tertiary/aromatic N) is 2. The molecule has 5 nitrogen and oxygen atoms in total. The van der Waals surface area contributed by atoms with Crippen LogP contribution in [-0.4, -0.2) is 18.1 Å². The lowest BCUT2D eigenvalue weighted by atomic mass is 10.1. The summed E-state index contributed by atoms with van der Waals surface area (Å²) in [6, 6.07) is 15.0. The number of amides is 1. The smallest absolute Gasteiger partial charge is 0.258 e. The van der Waals surface area contributed by atoms with Crippen molar-refractivity contribution in [3.05, 3.63) is 76.7 Å². The Morgan fingerprint density at radius 3 is 2.46 bits per heavy atom. The van der Waals surface area contributed by atoms with Crippen LogP contribution in [0.5, 0.6) is 5.75 Å². The molecule has 26 heavy (non-hydrogen) atoms. The average Bonchev–Trinajstić information content (AvgIpc) is 2.97. The molecule has 0 bridgehead atoms. The lowest BCUT2D eigenvalue weighted by molar-refractivity contribution is 0.0993. The highest BCUT2D eigenvalue weighted by Gasteiger charge is 2.14. The Labute approximate surface area is 153 Å². The van der Waals surface area contributed by atoms with Crippen LogP contribution in [0.4, 0.5) is 5.69 Å². The van der Waals surface area contributed by atoms with Gasteiger partial charge in [0.15, 0.2) is 0 Å². The van der Waals surface area contributed by atoms with Crippen LogP contribution in [0.25, 0.3) is 0 Å². The van der Waals surface area contributed by atoms with E-state index in [0.29, 0.717) is 17.9 Å². The van der Waals surface area contributed by atoms with E-state index >= 15 is 0 Å². The first-order valence-corrected chi connectivity index (χ1v) is 8.45. The second-order valence-corrected chi connectivity index (χ2v) is 6.32. The van der Waals surface area contributed by atoms with Crippen LogP contribution in [0.2, 0.25) is 0 Å². The minimum atomic E-state index is -0.0622. The summed E-state index contributed by atoms with van der Waals surface area (Å²) >= 11 is 0. The molecule has 1 aromatic heterocycles. The lowest BCUT2D eigenvalue weighted by Gasteiger charge is -2.18. The number of anilines is 1. The Morgan fingerprint density at radius 2 is 1.85 bits per heavy atom. The summed E-state index contributed by atoms with van der Waals surface area (Å²) in [4.78, 5) is 14.3. The molecule has 0 aliphatic rings. The van der Waals surface area contributed by atoms with Crippen molar-refractivity contribution >= 4 is 11.6 Å². The Morgan fingerprint density at radius 1 is 1.12 bits per heavy atom. The standard InChI is InChI=1S/C21H22N2O3/c1-14-6-5-7-18(12-14)23(4)21(24)17-8-10-19(11-9-17)25-13-20-15(2)22-26-16(20)3/h5-12H,13H2,1-4H3. The molecule has 2 aromatic carbocycles. The summed E-state index contributed by atoms with van der Waals surface area (Å²) in [5.74, 6) is 1.39. The van der Waals surface area contributed by atoms with Gasteiger partial charge in [0.05, 0.1) is 11.3 Å². The molecule has 0 N–H and O–H groups in total. The highest BCUT2D eigenvalue weighted by molar-refractivity contribution is 6.05. The number of carbonyl (C=O) groups excluding carboxylic acids is 1. The summed E-state index contributed by atoms with van der Waals surface area (Å²) in [6.45, 7) is 6.14. The maximum Gasteiger partial charge on any atom is 0.258 e. The second kappa shape index (κ2) is 7.44. The fraction of sp³-hybridized carbons (Fsp3) is 0.238. The number of aromatic nitrogens is 1. The van der Waals surface area contributed by atoms with E-state index in [1.165, 1.54) is 0 Å². The average molecular weight is 350 g/mol. The quantitative estimate of drug-likeness (QED) is 0.682. The van der Waals surface area contributed by atoms with E-state index in [1.807, 2.05) is 45.0 Å². The molecule has 134 valence electrons. The third-order valence-corrected chi connectivity index (χ3v) is 4.36. The monoisotopic (exact) mass is 350 g/mol. The number of benzene rings is 2. The summed E-state index contributed by atoms with van der Waals surface area (Å²) in [6.07, 6.45) is 0. The van der Waals surface area contributed by atoms with Gasteiger partial charge in [0, 0.05) is 18.3 Å². The normalized spacial score (nSPS) is 10.6. The van der Waals surface area contributed by atoms with Crippen molar-refractivity contribution in [3.63, 3.8) is 0 Å². The minimum absolute atomic E-state index is 0.0622. The fourth-order valence-corrected chi connectivity index (χ4v) is 2.70. The first-order valence-electron chi connectivity index (χ1n) is 8.45. The van der Waals surface area contributed by atoms with Gasteiger partial charge in [-0.05, 0) is 62.7 Å². The van der Waals surface area contributed by atoms with Crippen molar-refractivity contribution in [2.45, 2.75) is 27.4 Å². The molecule has 0 radical (unpaired) electrons. The molecule has 0 fully saturated rings. The van der Waals surface area contributed by atoms with Crippen LogP contribution in [0.3, 0.4) is 0 Å². The van der Waals surface area contributed by atoms with Gasteiger partial charge in [-0.2, -0.15) is 0 Å². The van der Waals surface area contributed by atoms with E-state index in [1.54, 1.807) is 36.2 Å². The predicted molar refractivity (Wildman–Crippen MR) is 101 cm³/mol. The van der Waals surface area contributed by atoms with Crippen LogP contribution >= 0.6 is 0 Å². The minimum Gasteiger partial charge on any atom is -0.489 e. The van der Waals surface area contributed by atoms with E-state index in [9.17, 15) is 4.79 Å². The lowest BCUT2D eigenvalue weighted by Crippen LogP contribution is -2.26. The molecule has 0 aliphatic carbocycles. The Hall–Kier alpha value is -3.08. The maximum atomic E-state index is 12.7. The first-order chi connectivity index (χ1) is 12.5. The zero-order chi connectivity index (χ0) is 18.7. The van der Waals surface area contributed by atoms with Gasteiger partial charge in [-0.1, -0.05) is 17.3 Å². The topological polar surface area (TPSA) is 55.6 Å². The molecular formula is C21H22N2O3. The van der Waals surface area contributed by atoms with Crippen molar-refractivity contribution < 1.29 is 14.1 Å². The third kappa shape index (κ3) is 3.77. The van der Waals surface area contributed by atoms with Gasteiger partial charge in [0.2, 0.25) is 0 Å². The Kier molecular flexibility index (Phi) is 5.07. The maximum absolute atomic E-state index is 12.7. The van der Waals surface area contributed by atoms with Gasteiger partial charge in [0.1, 0.15) is 18.1 Å². The molecule has 0 spiro atoms. The van der Waals surface area contributed by atoms with Crippen LogP contribution in [0.15, 0.2) is 53.1 Å². The van der Waals surface area contributed by atoms with E-state index in [-0.39, 0.29) is 5.91 Å². The number of hydrogen-bond acceptors (Lipinski definition) is 4. The molecule has 1 amide bonds. The van der Waals surface area contributed by atoms with Gasteiger partial charge in [0.25, 0.3) is 5.91 Å². The fourth-order valence-electron chi connectivity index (χ4n) is 2.70. The first kappa shape index (κ1) is 17.7. The third-order valence-electron chi connectivity index (χ3n) is 4.36. The molecule has 0 saturated heterocycles. The highest BCUT2D eigenvalue weighted by Crippen LogP contribution is 2.20. The molecule has 0 saturated carbocycles. The van der Waals surface area contributed by atoms with E-state index in [0.717, 1.165) is 28.3 Å². The molecule has 3 rings (SSSR count). The van der Waals surface area contributed by atoms with Crippen molar-refractivity contribution in [1.82, 2.24) is 5.16 Å². The summed E-state index contributed by atoms with van der Waals surface area (Å²) in [5.41, 5.74) is 4.37. The molecule has 5 heteroatoms. The summed E-state index contributed by atoms with van der Waals surface area (Å²) in [7, 11) is 1.78. The Bertz CT molecular complexity index is 894. The van der Waals surface area contributed by atoms with Crippen LogP contribution in [0, 0.1) is 20.8 Å². The van der Waals surface area contributed by atoms with Gasteiger partial charge in [-0.25, -0.2) is 0 Å². The molecule has 0 atom stereocenters. The van der Waals surface area contributed by atoms with Gasteiger partial charge in [-0.15, -0.1) is 0 Å². The number of aryl methyl sites for hydroxylation is 3. The van der Waals surface area contributed by atoms with Crippen molar-refractivity contribution in [3.8, 4) is 5.75 Å². The summed E-state index contributed by atoms with van der Waals surface area (Å²) in [5, 5.41) is 3.91. The molecule has 0 aliphatic heterocycles. The van der Waals surface area contributed by atoms with Crippen LogP contribution in [0.1, 0.15) is 32.9 Å². The molecular weight excluding hydrogens is 328 g/mol. The summed E-state index contributed by atoms with van der Waals surface area (Å²) < 4.78 is 10.9. The largest absolute Gasteiger partial charge is 0.489 e.